The van der Waals surface area contributed by atoms with Gasteiger partial charge in [-0.3, -0.25) is 0 Å². The van der Waals surface area contributed by atoms with Gasteiger partial charge in [0.2, 0.25) is 0 Å². The van der Waals surface area contributed by atoms with Gasteiger partial charge in [-0.15, -0.1) is 0 Å². The highest BCUT2D eigenvalue weighted by Gasteiger charge is 2.24. The molecule has 1 rings (SSSR count). The van der Waals surface area contributed by atoms with Gasteiger partial charge >= 0.3 is 0 Å². The Labute approximate surface area is 107 Å². The summed E-state index contributed by atoms with van der Waals surface area (Å²) in [5.74, 6) is 0.764. The lowest BCUT2D eigenvalue weighted by Gasteiger charge is -2.36. The lowest BCUT2D eigenvalue weighted by Crippen LogP contribution is -2.47. The minimum Gasteiger partial charge on any atom is -0.393 e. The third kappa shape index (κ3) is 5.36. The van der Waals surface area contributed by atoms with Gasteiger partial charge < -0.3 is 15.3 Å². The van der Waals surface area contributed by atoms with Gasteiger partial charge in [-0.25, -0.2) is 0 Å². The second-order valence-corrected chi connectivity index (χ2v) is 5.74. The first kappa shape index (κ1) is 14.9. The van der Waals surface area contributed by atoms with Gasteiger partial charge in [0.15, 0.2) is 0 Å². The Morgan fingerprint density at radius 3 is 2.65 bits per heavy atom. The van der Waals surface area contributed by atoms with Crippen molar-refractivity contribution in [3.8, 4) is 0 Å². The van der Waals surface area contributed by atoms with Gasteiger partial charge in [0.05, 0.1) is 6.10 Å². The molecule has 0 aliphatic carbocycles. The van der Waals surface area contributed by atoms with Crippen molar-refractivity contribution >= 4 is 0 Å². The van der Waals surface area contributed by atoms with E-state index in [1.165, 1.54) is 32.5 Å². The van der Waals surface area contributed by atoms with Crippen molar-refractivity contribution in [1.82, 2.24) is 10.2 Å². The van der Waals surface area contributed by atoms with Gasteiger partial charge in [0, 0.05) is 18.6 Å². The lowest BCUT2D eigenvalue weighted by atomic mass is 9.91. The second kappa shape index (κ2) is 7.34. The summed E-state index contributed by atoms with van der Waals surface area (Å²) in [6.45, 7) is 12.2. The van der Waals surface area contributed by atoms with Gasteiger partial charge in [0.25, 0.3) is 0 Å². The molecule has 4 atom stereocenters. The van der Waals surface area contributed by atoms with Crippen LogP contribution in [0.2, 0.25) is 0 Å². The zero-order chi connectivity index (χ0) is 12.8. The summed E-state index contributed by atoms with van der Waals surface area (Å²) in [6, 6.07) is 0.958. The zero-order valence-electron chi connectivity index (χ0n) is 11.9. The summed E-state index contributed by atoms with van der Waals surface area (Å²) in [5.41, 5.74) is 0. The highest BCUT2D eigenvalue weighted by atomic mass is 16.3. The van der Waals surface area contributed by atoms with E-state index in [0.717, 1.165) is 12.3 Å². The van der Waals surface area contributed by atoms with Crippen LogP contribution in [0.5, 0.6) is 0 Å². The normalized spacial score (nSPS) is 27.7. The average Bonchev–Trinajstić information content (AvgIpc) is 2.27. The van der Waals surface area contributed by atoms with Crippen LogP contribution in [0.15, 0.2) is 0 Å². The summed E-state index contributed by atoms with van der Waals surface area (Å²) in [4.78, 5) is 2.55. The minimum atomic E-state index is -0.205. The molecule has 4 unspecified atom stereocenters. The molecule has 0 aromatic carbocycles. The fraction of sp³-hybridized carbons (Fsp3) is 1.00. The molecule has 0 radical (unpaired) electrons. The van der Waals surface area contributed by atoms with Crippen LogP contribution in [0.25, 0.3) is 0 Å². The monoisotopic (exact) mass is 242 g/mol. The quantitative estimate of drug-likeness (QED) is 0.746. The maximum Gasteiger partial charge on any atom is 0.0526 e. The number of likely N-dealkylation sites (tertiary alicyclic amines) is 1. The number of aliphatic hydroxyl groups is 1. The summed E-state index contributed by atoms with van der Waals surface area (Å²) in [6.07, 6.45) is 3.30. The predicted octanol–water partition coefficient (Wildman–Crippen LogP) is 1.86. The molecule has 1 fully saturated rings. The van der Waals surface area contributed by atoms with E-state index in [9.17, 15) is 5.11 Å². The van der Waals surface area contributed by atoms with E-state index in [1.54, 1.807) is 0 Å². The van der Waals surface area contributed by atoms with E-state index in [4.69, 9.17) is 0 Å². The molecule has 17 heavy (non-hydrogen) atoms. The minimum absolute atomic E-state index is 0.205. The fourth-order valence-corrected chi connectivity index (χ4v) is 2.95. The van der Waals surface area contributed by atoms with Crippen molar-refractivity contribution in [2.45, 2.75) is 65.1 Å². The van der Waals surface area contributed by atoms with Crippen LogP contribution >= 0.6 is 0 Å². The van der Waals surface area contributed by atoms with Crippen molar-refractivity contribution in [2.24, 2.45) is 5.92 Å². The predicted molar refractivity (Wildman–Crippen MR) is 73.2 cm³/mol. The van der Waals surface area contributed by atoms with Crippen LogP contribution in [-0.2, 0) is 0 Å². The molecule has 1 aliphatic rings. The molecule has 3 nitrogen and oxygen atoms in total. The summed E-state index contributed by atoms with van der Waals surface area (Å²) in [5, 5.41) is 13.0. The molecule has 0 spiro atoms. The number of nitrogens with zero attached hydrogens (tertiary/aromatic N) is 1. The van der Waals surface area contributed by atoms with Crippen LogP contribution in [-0.4, -0.2) is 47.8 Å². The molecule has 102 valence electrons. The number of nitrogens with one attached hydrogen (secondary N) is 1. The highest BCUT2D eigenvalue weighted by molar-refractivity contribution is 4.81. The van der Waals surface area contributed by atoms with Gasteiger partial charge in [-0.2, -0.15) is 0 Å². The fourth-order valence-electron chi connectivity index (χ4n) is 2.95. The van der Waals surface area contributed by atoms with Gasteiger partial charge in [-0.1, -0.05) is 6.92 Å². The smallest absolute Gasteiger partial charge is 0.0526 e. The maximum atomic E-state index is 9.38. The number of aliphatic hydroxyl groups excluding tert-OH is 1. The SMILES string of the molecule is CCN1CCCC(C(C)NC(C)CC(C)O)C1. The van der Waals surface area contributed by atoms with E-state index in [-0.39, 0.29) is 6.10 Å². The van der Waals surface area contributed by atoms with Crippen molar-refractivity contribution in [3.63, 3.8) is 0 Å². The topological polar surface area (TPSA) is 35.5 Å². The number of hydrogen-bond acceptors (Lipinski definition) is 3. The van der Waals surface area contributed by atoms with E-state index < -0.39 is 0 Å². The van der Waals surface area contributed by atoms with Crippen LogP contribution < -0.4 is 5.32 Å². The van der Waals surface area contributed by atoms with Gasteiger partial charge in [0.1, 0.15) is 0 Å². The van der Waals surface area contributed by atoms with Crippen molar-refractivity contribution in [1.29, 1.82) is 0 Å². The zero-order valence-corrected chi connectivity index (χ0v) is 11.9. The van der Waals surface area contributed by atoms with Crippen molar-refractivity contribution < 1.29 is 5.11 Å². The molecule has 0 aromatic rings. The van der Waals surface area contributed by atoms with Crippen LogP contribution in [0, 0.1) is 5.92 Å². The first-order valence-corrected chi connectivity index (χ1v) is 7.19. The largest absolute Gasteiger partial charge is 0.393 e. The maximum absolute atomic E-state index is 9.38. The Morgan fingerprint density at radius 2 is 2.06 bits per heavy atom. The Balaban J connectivity index is 2.33. The number of hydrogen-bond donors (Lipinski definition) is 2. The Kier molecular flexibility index (Phi) is 6.45. The molecule has 0 aromatic heterocycles. The number of piperidine rings is 1. The Hall–Kier alpha value is -0.120. The molecule has 0 saturated carbocycles. The second-order valence-electron chi connectivity index (χ2n) is 5.74. The number of rotatable bonds is 6. The van der Waals surface area contributed by atoms with Crippen LogP contribution in [0.4, 0.5) is 0 Å². The van der Waals surface area contributed by atoms with E-state index in [1.807, 2.05) is 6.92 Å². The highest BCUT2D eigenvalue weighted by Crippen LogP contribution is 2.20. The summed E-state index contributed by atoms with van der Waals surface area (Å²) < 4.78 is 0. The molecular weight excluding hydrogens is 212 g/mol. The Morgan fingerprint density at radius 1 is 1.35 bits per heavy atom. The van der Waals surface area contributed by atoms with Crippen LogP contribution in [0.1, 0.15) is 47.0 Å². The van der Waals surface area contributed by atoms with Crippen molar-refractivity contribution in [3.05, 3.63) is 0 Å². The summed E-state index contributed by atoms with van der Waals surface area (Å²) in [7, 11) is 0. The Bertz CT molecular complexity index is 208. The molecule has 2 N–H and O–H groups in total. The van der Waals surface area contributed by atoms with E-state index >= 15 is 0 Å². The first-order chi connectivity index (χ1) is 8.02. The first-order valence-electron chi connectivity index (χ1n) is 7.19. The van der Waals surface area contributed by atoms with E-state index in [0.29, 0.717) is 12.1 Å². The molecule has 1 saturated heterocycles. The molecule has 0 bridgehead atoms. The third-order valence-electron chi connectivity index (χ3n) is 3.94. The van der Waals surface area contributed by atoms with Crippen LogP contribution in [0.3, 0.4) is 0 Å². The average molecular weight is 242 g/mol. The van der Waals surface area contributed by atoms with Gasteiger partial charge in [-0.05, 0) is 59.0 Å². The third-order valence-corrected chi connectivity index (χ3v) is 3.94. The van der Waals surface area contributed by atoms with Crippen molar-refractivity contribution in [2.75, 3.05) is 19.6 Å². The summed E-state index contributed by atoms with van der Waals surface area (Å²) >= 11 is 0. The molecule has 1 heterocycles. The molecule has 3 heteroatoms. The van der Waals surface area contributed by atoms with E-state index in [2.05, 4.69) is 31.0 Å². The molecular formula is C14H30N2O. The molecule has 1 aliphatic heterocycles. The lowest BCUT2D eigenvalue weighted by molar-refractivity contribution is 0.139. The standard InChI is InChI=1S/C14H30N2O/c1-5-16-8-6-7-14(10-16)13(4)15-11(2)9-12(3)17/h11-15,17H,5-10H2,1-4H3. The molecule has 0 amide bonds.